The maximum Gasteiger partial charge on any atom is 0.407 e. The molecule has 18 atom stereocenters. The Balaban J connectivity index is 1.18. The van der Waals surface area contributed by atoms with Crippen molar-refractivity contribution in [1.29, 1.82) is 5.26 Å². The third-order valence-electron chi connectivity index (χ3n) is 17.2. The highest BCUT2D eigenvalue weighted by Gasteiger charge is 2.54. The summed E-state index contributed by atoms with van der Waals surface area (Å²) in [6.45, 7) is 20.5. The number of ether oxygens (including phenoxy) is 9. The number of cyclic esters (lactones) is 1. The summed E-state index contributed by atoms with van der Waals surface area (Å²) in [7, 11) is 5.13. The van der Waals surface area contributed by atoms with Gasteiger partial charge in [0.2, 0.25) is 12.0 Å². The quantitative estimate of drug-likeness (QED) is 0.0667. The number of oxime groups is 1. The van der Waals surface area contributed by atoms with Crippen molar-refractivity contribution in [1.82, 2.24) is 14.8 Å². The van der Waals surface area contributed by atoms with E-state index in [4.69, 9.17) is 47.5 Å². The Labute approximate surface area is 486 Å². The highest BCUT2D eigenvalue weighted by molar-refractivity contribution is 5.94. The Kier molecular flexibility index (Phi) is 22.4. The van der Waals surface area contributed by atoms with E-state index in [2.05, 4.69) is 10.5 Å². The number of aromatic nitrogens is 1. The van der Waals surface area contributed by atoms with Gasteiger partial charge in [0.15, 0.2) is 18.7 Å². The Bertz CT molecular complexity index is 2710. The number of esters is 1. The Hall–Kier alpha value is -4.88. The van der Waals surface area contributed by atoms with Gasteiger partial charge in [-0.1, -0.05) is 38.9 Å². The van der Waals surface area contributed by atoms with Crippen molar-refractivity contribution in [3.63, 3.8) is 0 Å². The van der Waals surface area contributed by atoms with Crippen molar-refractivity contribution in [2.45, 2.75) is 218 Å². The highest BCUT2D eigenvalue weighted by Crippen LogP contribution is 2.42. The van der Waals surface area contributed by atoms with Crippen molar-refractivity contribution in [3.8, 4) is 6.07 Å². The molecule has 1 amide bonds. The summed E-state index contributed by atoms with van der Waals surface area (Å²) in [5.74, 6) is -5.93. The predicted molar refractivity (Wildman–Crippen MR) is 301 cm³/mol. The zero-order valence-electron chi connectivity index (χ0n) is 50.9. The van der Waals surface area contributed by atoms with Crippen LogP contribution in [0.15, 0.2) is 28.3 Å². The molecule has 0 radical (unpaired) electrons. The zero-order chi connectivity index (χ0) is 61.7. The van der Waals surface area contributed by atoms with Crippen LogP contribution in [-0.4, -0.2) is 191 Å². The van der Waals surface area contributed by atoms with E-state index < -0.39 is 138 Å². The number of carboxylic acid groups (broad SMARTS) is 1. The molecule has 6 N–H and O–H groups in total. The number of alkyl carbamates (subject to hydrolysis) is 1. The van der Waals surface area contributed by atoms with Crippen LogP contribution in [-0.2, 0) is 71.0 Å². The monoisotopic (exact) mass is 1170 g/mol. The number of aliphatic hydroxyl groups excluding tert-OH is 2. The van der Waals surface area contributed by atoms with Crippen molar-refractivity contribution in [2.75, 3.05) is 47.6 Å². The van der Waals surface area contributed by atoms with Gasteiger partial charge in [-0.05, 0) is 113 Å². The number of aromatic carboxylic acids is 1. The van der Waals surface area contributed by atoms with Crippen LogP contribution in [0.4, 0.5) is 4.79 Å². The van der Waals surface area contributed by atoms with Crippen molar-refractivity contribution < 1.29 is 87.4 Å². The third-order valence-corrected chi connectivity index (χ3v) is 17.2. The van der Waals surface area contributed by atoms with Crippen LogP contribution in [0.2, 0.25) is 0 Å². The summed E-state index contributed by atoms with van der Waals surface area (Å²) in [5, 5.41) is 75.1. The molecule has 1 unspecified atom stereocenters. The number of carbonyl (C=O) groups excluding carboxylic acids is 2. The van der Waals surface area contributed by atoms with Gasteiger partial charge in [0.1, 0.15) is 40.8 Å². The van der Waals surface area contributed by atoms with Gasteiger partial charge in [0.25, 0.3) is 0 Å². The summed E-state index contributed by atoms with van der Waals surface area (Å²) < 4.78 is 58.2. The number of aliphatic hydroxyl groups is 4. The number of carbonyl (C=O) groups is 3. The van der Waals surface area contributed by atoms with Gasteiger partial charge in [-0.25, -0.2) is 9.59 Å². The normalized spacial score (nSPS) is 36.6. The first-order valence-electron chi connectivity index (χ1n) is 28.9. The molecule has 0 saturated carbocycles. The Morgan fingerprint density at radius 1 is 0.964 bits per heavy atom. The molecule has 0 aliphatic carbocycles. The molecule has 24 heteroatoms. The molecule has 3 saturated heterocycles. The minimum absolute atomic E-state index is 0.0369. The number of likely N-dealkylation sites (N-methyl/N-ethyl adjacent to an activating group) is 1. The smallest absolute Gasteiger partial charge is 0.407 e. The molecule has 1 aromatic heterocycles. The third kappa shape index (κ3) is 15.2. The van der Waals surface area contributed by atoms with Crippen molar-refractivity contribution in [2.24, 2.45) is 28.8 Å². The largest absolute Gasteiger partial charge is 0.477 e. The molecule has 83 heavy (non-hydrogen) atoms. The van der Waals surface area contributed by atoms with E-state index in [0.29, 0.717) is 36.8 Å². The van der Waals surface area contributed by atoms with E-state index in [1.807, 2.05) is 51.9 Å². The topological polar surface area (TPSA) is 318 Å². The molecule has 4 aliphatic heterocycles. The van der Waals surface area contributed by atoms with E-state index in [1.165, 1.54) is 27.2 Å². The summed E-state index contributed by atoms with van der Waals surface area (Å²) in [6, 6.07) is 5.16. The number of methoxy groups -OCH3 is 1. The number of carboxylic acids is 1. The van der Waals surface area contributed by atoms with Gasteiger partial charge in [0, 0.05) is 67.6 Å². The summed E-state index contributed by atoms with van der Waals surface area (Å²) in [5.41, 5.74) is -4.46. The second-order valence-electron chi connectivity index (χ2n) is 24.5. The second kappa shape index (κ2) is 27.7. The number of aryl methyl sites for hydroxylation is 1. The van der Waals surface area contributed by atoms with Crippen LogP contribution >= 0.6 is 0 Å². The van der Waals surface area contributed by atoms with Gasteiger partial charge in [0.05, 0.1) is 66.5 Å². The molecule has 2 aromatic rings. The van der Waals surface area contributed by atoms with Gasteiger partial charge in [-0.15, -0.1) is 0 Å². The minimum atomic E-state index is -2.05. The first-order chi connectivity index (χ1) is 38.8. The lowest BCUT2D eigenvalue weighted by Crippen LogP contribution is -2.61. The molecule has 4 aliphatic rings. The number of hydrogen-bond donors (Lipinski definition) is 6. The maximum absolute atomic E-state index is 14.6. The Morgan fingerprint density at radius 3 is 2.30 bits per heavy atom. The predicted octanol–water partition coefficient (Wildman–Crippen LogP) is 4.73. The zero-order valence-corrected chi connectivity index (χ0v) is 50.9. The van der Waals surface area contributed by atoms with E-state index in [1.54, 1.807) is 59.1 Å². The molecule has 1 aromatic carbocycles. The maximum atomic E-state index is 14.6. The number of nitrogens with one attached hydrogen (secondary N) is 1. The van der Waals surface area contributed by atoms with Crippen LogP contribution < -0.4 is 10.7 Å². The number of nitriles is 1. The van der Waals surface area contributed by atoms with Crippen LogP contribution in [0.1, 0.15) is 137 Å². The average Bonchev–Trinajstić information content (AvgIpc) is 1.47. The molecule has 0 spiro atoms. The molecule has 466 valence electrons. The van der Waals surface area contributed by atoms with E-state index in [9.17, 15) is 50.0 Å². The molecule has 24 nitrogen and oxygen atoms in total. The van der Waals surface area contributed by atoms with Crippen LogP contribution in [0, 0.1) is 35.0 Å². The lowest BCUT2D eigenvalue weighted by atomic mass is 9.73. The molecule has 3 fully saturated rings. The number of amides is 1. The van der Waals surface area contributed by atoms with Crippen molar-refractivity contribution in [3.05, 3.63) is 45.2 Å². The highest BCUT2D eigenvalue weighted by atomic mass is 16.7. The molecular formula is C59H91N5O19. The van der Waals surface area contributed by atoms with Gasteiger partial charge < -0.3 is 87.8 Å². The Morgan fingerprint density at radius 2 is 1.66 bits per heavy atom. The molecule has 6 rings (SSSR count). The first kappa shape index (κ1) is 67.2. The fourth-order valence-corrected chi connectivity index (χ4v) is 12.6. The summed E-state index contributed by atoms with van der Waals surface area (Å²) in [4.78, 5) is 60.6. The number of rotatable bonds is 18. The molecule has 5 heterocycles. The van der Waals surface area contributed by atoms with Gasteiger partial charge >= 0.3 is 18.0 Å². The van der Waals surface area contributed by atoms with Gasteiger partial charge in [-0.3, -0.25) is 9.59 Å². The average molecular weight is 1170 g/mol. The summed E-state index contributed by atoms with van der Waals surface area (Å²) in [6.07, 6.45) is -9.13. The molecular weight excluding hydrogens is 1080 g/mol. The second-order valence-corrected chi connectivity index (χ2v) is 24.5. The van der Waals surface area contributed by atoms with Crippen LogP contribution in [0.25, 0.3) is 10.9 Å². The first-order valence-corrected chi connectivity index (χ1v) is 28.9. The number of hydrogen-bond acceptors (Lipinski definition) is 21. The van der Waals surface area contributed by atoms with E-state index >= 15 is 0 Å². The fourth-order valence-electron chi connectivity index (χ4n) is 12.6. The SMILES string of the molecule is CC[C@H]1OC(=O)[C@H](C)[C@@H](O[C@H]2C[C@@](C)(OC)[C@@H](OC(=O)NCCOCCCc3cc4c5c(c3)c(=O)c(C(=O)O)cn5C(C)(C)OC4)[C@H](C)O2)[C@H](C)[C@@H](OC2O[C@H](C)C[C@H](N(C)C)[C@H]2O)[C@](C)(O)C[C@@H](C)/C(=N\OCC#N)[C@H](C)[C@@H](O)[C@]1(C)O. The lowest BCUT2D eigenvalue weighted by molar-refractivity contribution is -0.317. The lowest BCUT2D eigenvalue weighted by Gasteiger charge is -2.49. The number of pyridine rings is 1. The van der Waals surface area contributed by atoms with Gasteiger partial charge in [-0.2, -0.15) is 5.26 Å². The minimum Gasteiger partial charge on any atom is -0.477 e. The van der Waals surface area contributed by atoms with E-state index in [0.717, 1.165) is 11.1 Å². The summed E-state index contributed by atoms with van der Waals surface area (Å²) >= 11 is 0. The number of nitrogens with zero attached hydrogens (tertiary/aromatic N) is 4. The standard InChI is InChI=1S/C59H91N5O19/c1-16-42-59(12,73)49(67)33(4)44(62-77-22-19-60)31(2)27-57(10,72)50(82-54-47(66)41(63(13)14)24-32(3)78-54)34(5)48(35(6)53(70)80-42)81-43-28-58(11,74-15)51(36(7)79-43)83-55(71)61-20-23-75-21-17-18-37-25-38-30-76-56(8,9)64-29-40(52(68)69)46(65)39(26-37)45(38)64/h25-26,29,31-36,41-43,47-51,54,66-67,72-73H,16-18,20-24,27-28,30H2,1-15H3,(H,61,71)(H,68,69)/b62-44+/t31-,32-,33+,34+,35-,36+,41+,42-,43+,47-,48+,49-,50-,51+,54?,57-,58-,59-/m1/s1. The van der Waals surface area contributed by atoms with Crippen LogP contribution in [0.5, 0.6) is 0 Å². The van der Waals surface area contributed by atoms with Crippen LogP contribution in [0.3, 0.4) is 0 Å². The molecule has 0 bridgehead atoms. The van der Waals surface area contributed by atoms with E-state index in [-0.39, 0.29) is 56.4 Å². The van der Waals surface area contributed by atoms with Crippen molar-refractivity contribution >= 4 is 34.6 Å². The fraction of sp³-hybridized carbons (Fsp3) is 0.763. The number of benzene rings is 1.